The van der Waals surface area contributed by atoms with Crippen molar-refractivity contribution in [3.8, 4) is 5.75 Å². The van der Waals surface area contributed by atoms with Gasteiger partial charge in [0.15, 0.2) is 0 Å². The molecule has 0 aromatic heterocycles. The molecule has 16 heavy (non-hydrogen) atoms. The van der Waals surface area contributed by atoms with Crippen molar-refractivity contribution in [2.45, 2.75) is 24.5 Å². The van der Waals surface area contributed by atoms with E-state index >= 15 is 0 Å². The molecule has 2 nitrogen and oxygen atoms in total. The summed E-state index contributed by atoms with van der Waals surface area (Å²) in [6.07, 6.45) is 1.03. The molecule has 3 rings (SSSR count). The monoisotopic (exact) mass is 240 g/mol. The zero-order valence-electron chi connectivity index (χ0n) is 8.78. The van der Waals surface area contributed by atoms with E-state index in [9.17, 15) is 9.50 Å². The maximum atomic E-state index is 13.1. The highest BCUT2D eigenvalue weighted by molar-refractivity contribution is 7.99. The van der Waals surface area contributed by atoms with Gasteiger partial charge in [-0.3, -0.25) is 0 Å². The summed E-state index contributed by atoms with van der Waals surface area (Å²) >= 11 is 1.83. The van der Waals surface area contributed by atoms with Crippen molar-refractivity contribution in [3.05, 3.63) is 29.6 Å². The van der Waals surface area contributed by atoms with Crippen molar-refractivity contribution in [2.75, 3.05) is 11.5 Å². The minimum Gasteiger partial charge on any atom is -0.486 e. The van der Waals surface area contributed by atoms with E-state index in [1.807, 2.05) is 11.8 Å². The fourth-order valence-electron chi connectivity index (χ4n) is 2.44. The molecule has 2 atom stereocenters. The van der Waals surface area contributed by atoms with Crippen LogP contribution in [0.4, 0.5) is 4.39 Å². The van der Waals surface area contributed by atoms with Gasteiger partial charge < -0.3 is 9.84 Å². The number of hydrogen-bond donors (Lipinski definition) is 1. The van der Waals surface area contributed by atoms with Gasteiger partial charge in [0.1, 0.15) is 17.2 Å². The SMILES string of the molecule is O[C@H]1CC2(CCSC2)Oc2cc(F)ccc21. The first-order valence-corrected chi connectivity index (χ1v) is 6.58. The Hall–Kier alpha value is -0.740. The Kier molecular flexibility index (Phi) is 2.37. The molecule has 2 aliphatic rings. The third-order valence-electron chi connectivity index (χ3n) is 3.29. The molecule has 0 amide bonds. The minimum absolute atomic E-state index is 0.273. The van der Waals surface area contributed by atoms with Gasteiger partial charge in [0.2, 0.25) is 0 Å². The maximum absolute atomic E-state index is 13.1. The molecular formula is C12H13FO2S. The van der Waals surface area contributed by atoms with Gasteiger partial charge >= 0.3 is 0 Å². The molecule has 1 aromatic carbocycles. The van der Waals surface area contributed by atoms with Gasteiger partial charge in [-0.2, -0.15) is 11.8 Å². The third-order valence-corrected chi connectivity index (χ3v) is 4.52. The molecule has 1 unspecified atom stereocenters. The quantitative estimate of drug-likeness (QED) is 0.755. The highest BCUT2D eigenvalue weighted by Gasteiger charge is 2.43. The molecule has 0 aliphatic carbocycles. The number of halogens is 1. The van der Waals surface area contributed by atoms with Crippen LogP contribution in [0.5, 0.6) is 5.75 Å². The number of thioether (sulfide) groups is 1. The fourth-order valence-corrected chi connectivity index (χ4v) is 3.79. The van der Waals surface area contributed by atoms with Gasteiger partial charge in [0.05, 0.1) is 6.10 Å². The zero-order chi connectivity index (χ0) is 11.2. The molecule has 1 spiro atoms. The van der Waals surface area contributed by atoms with Crippen LogP contribution in [0.25, 0.3) is 0 Å². The van der Waals surface area contributed by atoms with Crippen molar-refractivity contribution in [1.82, 2.24) is 0 Å². The molecule has 1 N–H and O–H groups in total. The number of benzene rings is 1. The van der Waals surface area contributed by atoms with Crippen molar-refractivity contribution in [3.63, 3.8) is 0 Å². The predicted molar refractivity (Wildman–Crippen MR) is 61.3 cm³/mol. The molecular weight excluding hydrogens is 227 g/mol. The van der Waals surface area contributed by atoms with Crippen LogP contribution in [0, 0.1) is 5.82 Å². The predicted octanol–water partition coefficient (Wildman–Crippen LogP) is 2.52. The Morgan fingerprint density at radius 3 is 3.12 bits per heavy atom. The average molecular weight is 240 g/mol. The summed E-state index contributed by atoms with van der Waals surface area (Å²) in [6, 6.07) is 4.36. The lowest BCUT2D eigenvalue weighted by Crippen LogP contribution is -2.41. The molecule has 0 bridgehead atoms. The molecule has 2 aliphatic heterocycles. The van der Waals surface area contributed by atoms with Crippen molar-refractivity contribution < 1.29 is 14.2 Å². The summed E-state index contributed by atoms with van der Waals surface area (Å²) in [6.45, 7) is 0. The Labute approximate surface area is 97.8 Å². The summed E-state index contributed by atoms with van der Waals surface area (Å²) in [5, 5.41) is 10.1. The minimum atomic E-state index is -0.525. The number of ether oxygens (including phenoxy) is 1. The molecule has 1 saturated heterocycles. The van der Waals surface area contributed by atoms with Crippen LogP contribution in [-0.2, 0) is 0 Å². The van der Waals surface area contributed by atoms with E-state index in [2.05, 4.69) is 0 Å². The van der Waals surface area contributed by atoms with E-state index < -0.39 is 6.10 Å². The van der Waals surface area contributed by atoms with Crippen molar-refractivity contribution in [2.24, 2.45) is 0 Å². The van der Waals surface area contributed by atoms with E-state index in [0.717, 1.165) is 17.9 Å². The largest absolute Gasteiger partial charge is 0.486 e. The molecule has 0 radical (unpaired) electrons. The second-order valence-electron chi connectivity index (χ2n) is 4.49. The highest BCUT2D eigenvalue weighted by atomic mass is 32.2. The van der Waals surface area contributed by atoms with Crippen LogP contribution in [0.2, 0.25) is 0 Å². The lowest BCUT2D eigenvalue weighted by molar-refractivity contribution is 0.00378. The van der Waals surface area contributed by atoms with Gasteiger partial charge in [0.25, 0.3) is 0 Å². The van der Waals surface area contributed by atoms with Gasteiger partial charge in [-0.15, -0.1) is 0 Å². The van der Waals surface area contributed by atoms with E-state index in [1.165, 1.54) is 12.1 Å². The van der Waals surface area contributed by atoms with Gasteiger partial charge in [-0.05, 0) is 24.3 Å². The second-order valence-corrected chi connectivity index (χ2v) is 5.59. The smallest absolute Gasteiger partial charge is 0.128 e. The topological polar surface area (TPSA) is 29.5 Å². The molecule has 1 aromatic rings. The first-order valence-electron chi connectivity index (χ1n) is 5.43. The van der Waals surface area contributed by atoms with Crippen molar-refractivity contribution >= 4 is 11.8 Å². The number of aliphatic hydroxyl groups is 1. The molecule has 4 heteroatoms. The summed E-state index contributed by atoms with van der Waals surface area (Å²) in [5.41, 5.74) is 0.439. The summed E-state index contributed by atoms with van der Waals surface area (Å²) < 4.78 is 19.0. The Bertz CT molecular complexity index is 415. The summed E-state index contributed by atoms with van der Waals surface area (Å²) in [7, 11) is 0. The van der Waals surface area contributed by atoms with Gasteiger partial charge in [-0.1, -0.05) is 0 Å². The molecule has 1 fully saturated rings. The number of aliphatic hydroxyl groups excluding tert-OH is 1. The highest BCUT2D eigenvalue weighted by Crippen LogP contribution is 2.45. The van der Waals surface area contributed by atoms with E-state index in [4.69, 9.17) is 4.74 Å². The maximum Gasteiger partial charge on any atom is 0.128 e. The summed E-state index contributed by atoms with van der Waals surface area (Å²) in [4.78, 5) is 0. The molecule has 86 valence electrons. The Balaban J connectivity index is 2.00. The van der Waals surface area contributed by atoms with Gasteiger partial charge in [0, 0.05) is 23.8 Å². The van der Waals surface area contributed by atoms with E-state index in [-0.39, 0.29) is 11.4 Å². The fraction of sp³-hybridized carbons (Fsp3) is 0.500. The lowest BCUT2D eigenvalue weighted by Gasteiger charge is -2.37. The molecule has 2 heterocycles. The average Bonchev–Trinajstić information content (AvgIpc) is 2.65. The zero-order valence-corrected chi connectivity index (χ0v) is 9.60. The van der Waals surface area contributed by atoms with Crippen LogP contribution in [0.3, 0.4) is 0 Å². The molecule has 0 saturated carbocycles. The van der Waals surface area contributed by atoms with Crippen molar-refractivity contribution in [1.29, 1.82) is 0 Å². The second kappa shape index (κ2) is 3.64. The Morgan fingerprint density at radius 2 is 2.38 bits per heavy atom. The third kappa shape index (κ3) is 1.60. The van der Waals surface area contributed by atoms with E-state index in [1.54, 1.807) is 6.07 Å². The first-order chi connectivity index (χ1) is 7.69. The number of hydrogen-bond acceptors (Lipinski definition) is 3. The standard InChI is InChI=1S/C12H13FO2S/c13-8-1-2-9-10(14)6-12(3-4-16-7-12)15-11(9)5-8/h1-2,5,10,14H,3-4,6-7H2/t10-,12?/m0/s1. The van der Waals surface area contributed by atoms with Crippen LogP contribution in [0.15, 0.2) is 18.2 Å². The van der Waals surface area contributed by atoms with Crippen LogP contribution < -0.4 is 4.74 Å². The summed E-state index contributed by atoms with van der Waals surface area (Å²) in [5.74, 6) is 2.15. The number of rotatable bonds is 0. The van der Waals surface area contributed by atoms with Crippen LogP contribution in [-0.4, -0.2) is 22.2 Å². The van der Waals surface area contributed by atoms with Gasteiger partial charge in [-0.25, -0.2) is 4.39 Å². The Morgan fingerprint density at radius 1 is 1.50 bits per heavy atom. The van der Waals surface area contributed by atoms with Crippen LogP contribution >= 0.6 is 11.8 Å². The van der Waals surface area contributed by atoms with E-state index in [0.29, 0.717) is 17.7 Å². The lowest BCUT2D eigenvalue weighted by atomic mass is 9.88. The van der Waals surface area contributed by atoms with Crippen LogP contribution in [0.1, 0.15) is 24.5 Å². The number of fused-ring (bicyclic) bond motifs is 1. The first kappa shape index (κ1) is 10.4. The normalized spacial score (nSPS) is 32.5.